The number of imide groups is 1. The highest BCUT2D eigenvalue weighted by Crippen LogP contribution is 2.41. The Bertz CT molecular complexity index is 1080. The molecule has 1 atom stereocenters. The Morgan fingerprint density at radius 1 is 1.12 bits per heavy atom. The lowest BCUT2D eigenvalue weighted by Crippen LogP contribution is -2.51. The molecule has 3 heterocycles. The van der Waals surface area contributed by atoms with E-state index < -0.39 is 29.0 Å². The van der Waals surface area contributed by atoms with Crippen LogP contribution in [0.3, 0.4) is 0 Å². The number of rotatable bonds is 9. The van der Waals surface area contributed by atoms with E-state index in [2.05, 4.69) is 10.6 Å². The van der Waals surface area contributed by atoms with Crippen molar-refractivity contribution in [1.82, 2.24) is 25.3 Å². The fourth-order valence-corrected chi connectivity index (χ4v) is 5.07. The molecule has 0 spiro atoms. The Morgan fingerprint density at radius 2 is 1.80 bits per heavy atom. The Morgan fingerprint density at radius 3 is 2.40 bits per heavy atom. The van der Waals surface area contributed by atoms with Crippen molar-refractivity contribution in [2.75, 3.05) is 32.8 Å². The normalized spacial score (nSPS) is 18.4. The molecular weight excluding hydrogens is 518 g/mol. The first kappa shape index (κ1) is 30.7. The number of ether oxygens (including phenoxy) is 2. The number of nitrogens with zero attached hydrogens (tertiary/aromatic N) is 3. The molecule has 1 fully saturated rings. The number of esters is 1. The third kappa shape index (κ3) is 7.02. The van der Waals surface area contributed by atoms with Crippen LogP contribution in [0.15, 0.2) is 35.8 Å². The van der Waals surface area contributed by atoms with Gasteiger partial charge in [-0.15, -0.1) is 0 Å². The van der Waals surface area contributed by atoms with Crippen molar-refractivity contribution in [2.45, 2.75) is 65.9 Å². The lowest BCUT2D eigenvalue weighted by atomic mass is 9.72. The van der Waals surface area contributed by atoms with Crippen LogP contribution in [-0.4, -0.2) is 83.6 Å². The number of fused-ring (bicyclic) bond motifs is 1. The van der Waals surface area contributed by atoms with Crippen molar-refractivity contribution < 1.29 is 33.4 Å². The van der Waals surface area contributed by atoms with Crippen LogP contribution in [0.5, 0.6) is 0 Å². The number of allylic oxidation sites excluding steroid dienone is 2. The molecule has 3 aliphatic rings. The van der Waals surface area contributed by atoms with Gasteiger partial charge < -0.3 is 29.5 Å². The summed E-state index contributed by atoms with van der Waals surface area (Å²) in [6.45, 7) is 11.0. The van der Waals surface area contributed by atoms with Crippen LogP contribution in [0.4, 0.5) is 9.59 Å². The van der Waals surface area contributed by atoms with Crippen molar-refractivity contribution in [3.05, 3.63) is 35.8 Å². The first-order valence-electron chi connectivity index (χ1n) is 13.8. The van der Waals surface area contributed by atoms with Crippen LogP contribution in [0, 0.1) is 11.3 Å². The molecule has 12 nitrogen and oxygen atoms in total. The smallest absolute Gasteiger partial charge is 0.417 e. The van der Waals surface area contributed by atoms with Gasteiger partial charge in [0.15, 0.2) is 5.41 Å². The number of piperidine rings is 1. The fraction of sp³-hybridized carbons (Fsp3) is 0.607. The molecule has 0 bridgehead atoms. The maximum absolute atomic E-state index is 13.8. The molecule has 4 amide bonds. The zero-order valence-corrected chi connectivity index (χ0v) is 24.0. The molecule has 12 heteroatoms. The zero-order valence-electron chi connectivity index (χ0n) is 24.0. The summed E-state index contributed by atoms with van der Waals surface area (Å²) in [5.74, 6) is -1.81. The van der Waals surface area contributed by atoms with Gasteiger partial charge in [-0.3, -0.25) is 14.9 Å². The van der Waals surface area contributed by atoms with Gasteiger partial charge in [-0.2, -0.15) is 0 Å². The molecule has 0 aromatic heterocycles. The maximum atomic E-state index is 13.8. The Balaban J connectivity index is 1.86. The summed E-state index contributed by atoms with van der Waals surface area (Å²) in [7, 11) is 0. The highest BCUT2D eigenvalue weighted by molar-refractivity contribution is 6.11. The van der Waals surface area contributed by atoms with Crippen LogP contribution in [0.25, 0.3) is 0 Å². The van der Waals surface area contributed by atoms with Crippen molar-refractivity contribution in [3.8, 4) is 0 Å². The molecule has 3 rings (SSSR count). The molecule has 2 N–H and O–H groups in total. The van der Waals surface area contributed by atoms with E-state index in [1.807, 2.05) is 25.7 Å². The van der Waals surface area contributed by atoms with E-state index in [9.17, 15) is 24.0 Å². The van der Waals surface area contributed by atoms with Gasteiger partial charge >= 0.3 is 18.2 Å². The van der Waals surface area contributed by atoms with Crippen LogP contribution >= 0.6 is 0 Å². The summed E-state index contributed by atoms with van der Waals surface area (Å²) in [4.78, 5) is 68.9. The predicted molar refractivity (Wildman–Crippen MR) is 146 cm³/mol. The first-order valence-corrected chi connectivity index (χ1v) is 13.8. The van der Waals surface area contributed by atoms with Crippen LogP contribution in [0.1, 0.15) is 60.3 Å². The van der Waals surface area contributed by atoms with Crippen molar-refractivity contribution in [1.29, 1.82) is 0 Å². The zero-order chi connectivity index (χ0) is 29.5. The first-order chi connectivity index (χ1) is 18.9. The van der Waals surface area contributed by atoms with Gasteiger partial charge in [0.05, 0.1) is 12.4 Å². The van der Waals surface area contributed by atoms with Crippen molar-refractivity contribution >= 4 is 30.5 Å². The summed E-state index contributed by atoms with van der Waals surface area (Å²) < 4.78 is 10.8. The number of amides is 4. The minimum absolute atomic E-state index is 0.00459. The Labute approximate surface area is 235 Å². The van der Waals surface area contributed by atoms with E-state index in [1.54, 1.807) is 43.3 Å². The largest absolute Gasteiger partial charge is 0.444 e. The SMILES string of the molecule is CCN(CC)C(=O)OC(=O)C(CCC1CCN(C(=O)OC(C)(C)C)CC1)(C(=O)NC=O)C1=CN2CNC=C2C=C1. The van der Waals surface area contributed by atoms with E-state index >= 15 is 0 Å². The van der Waals surface area contributed by atoms with Crippen LogP contribution < -0.4 is 10.6 Å². The number of carbonyl (C=O) groups is 5. The standard InChI is InChI=1S/C28H41N5O7/c1-6-31(7-2)25(37)39-24(36)28(23(35)30-19-34,21-8-9-22-16-29-18-33(22)17-21)13-10-20-11-14-32(15-12-20)26(38)40-27(3,4)5/h8-9,16-17,19-20,29H,6-7,10-15,18H2,1-5H3,(H,30,34,35). The quantitative estimate of drug-likeness (QED) is 0.248. The minimum atomic E-state index is -1.95. The van der Waals surface area contributed by atoms with Crippen molar-refractivity contribution in [2.24, 2.45) is 11.3 Å². The summed E-state index contributed by atoms with van der Waals surface area (Å²) in [6.07, 6.45) is 7.61. The van der Waals surface area contributed by atoms with E-state index in [-0.39, 0.29) is 24.8 Å². The third-order valence-electron chi connectivity index (χ3n) is 7.39. The molecule has 0 radical (unpaired) electrons. The van der Waals surface area contributed by atoms with Gasteiger partial charge in [0.2, 0.25) is 12.3 Å². The highest BCUT2D eigenvalue weighted by atomic mass is 16.6. The van der Waals surface area contributed by atoms with E-state index in [1.165, 1.54) is 4.90 Å². The average molecular weight is 560 g/mol. The molecule has 3 aliphatic heterocycles. The topological polar surface area (TPSA) is 138 Å². The van der Waals surface area contributed by atoms with Gasteiger partial charge in [0.25, 0.3) is 0 Å². The second kappa shape index (κ2) is 13.0. The number of hydrogen-bond acceptors (Lipinski definition) is 9. The number of likely N-dealkylation sites (tertiary alicyclic amines) is 1. The molecule has 0 saturated carbocycles. The number of carbonyl (C=O) groups excluding carboxylic acids is 5. The lowest BCUT2D eigenvalue weighted by Gasteiger charge is -2.36. The summed E-state index contributed by atoms with van der Waals surface area (Å²) in [5, 5.41) is 5.23. The fourth-order valence-electron chi connectivity index (χ4n) is 5.07. The maximum Gasteiger partial charge on any atom is 0.417 e. The summed E-state index contributed by atoms with van der Waals surface area (Å²) in [6, 6.07) is 0. The Hall–Kier alpha value is -3.83. The second-order valence-corrected chi connectivity index (χ2v) is 11.1. The van der Waals surface area contributed by atoms with Crippen molar-refractivity contribution in [3.63, 3.8) is 0 Å². The summed E-state index contributed by atoms with van der Waals surface area (Å²) in [5.41, 5.74) is -1.38. The monoisotopic (exact) mass is 559 g/mol. The molecule has 1 saturated heterocycles. The molecule has 220 valence electrons. The second-order valence-electron chi connectivity index (χ2n) is 11.1. The average Bonchev–Trinajstić information content (AvgIpc) is 3.37. The highest BCUT2D eigenvalue weighted by Gasteiger charge is 2.52. The van der Waals surface area contributed by atoms with Gasteiger partial charge in [0.1, 0.15) is 5.60 Å². The molecular formula is C28H41N5O7. The van der Waals surface area contributed by atoms with Gasteiger partial charge in [-0.25, -0.2) is 14.4 Å². The molecule has 0 aliphatic carbocycles. The predicted octanol–water partition coefficient (Wildman–Crippen LogP) is 2.84. The van der Waals surface area contributed by atoms with E-state index in [0.29, 0.717) is 57.7 Å². The number of hydrogen-bond donors (Lipinski definition) is 2. The van der Waals surface area contributed by atoms with Gasteiger partial charge in [-0.05, 0) is 77.9 Å². The van der Waals surface area contributed by atoms with Crippen LogP contribution in [-0.2, 0) is 23.9 Å². The third-order valence-corrected chi connectivity index (χ3v) is 7.39. The molecule has 1 unspecified atom stereocenters. The van der Waals surface area contributed by atoms with Gasteiger partial charge in [-0.1, -0.05) is 6.08 Å². The van der Waals surface area contributed by atoms with E-state index in [4.69, 9.17) is 9.47 Å². The number of nitrogens with one attached hydrogen (secondary N) is 2. The molecule has 0 aromatic rings. The van der Waals surface area contributed by atoms with Gasteiger partial charge in [0, 0.05) is 38.6 Å². The molecule has 0 aromatic carbocycles. The summed E-state index contributed by atoms with van der Waals surface area (Å²) >= 11 is 0. The minimum Gasteiger partial charge on any atom is -0.444 e. The van der Waals surface area contributed by atoms with Crippen LogP contribution in [0.2, 0.25) is 0 Å². The Kier molecular flexibility index (Phi) is 9.99. The molecule has 40 heavy (non-hydrogen) atoms. The lowest BCUT2D eigenvalue weighted by molar-refractivity contribution is -0.154. The van der Waals surface area contributed by atoms with E-state index in [0.717, 1.165) is 5.70 Å².